The van der Waals surface area contributed by atoms with Crippen LogP contribution in [0.25, 0.3) is 6.08 Å². The van der Waals surface area contributed by atoms with E-state index in [1.54, 1.807) is 6.92 Å². The molecule has 3 aliphatic heterocycles. The van der Waals surface area contributed by atoms with Gasteiger partial charge in [-0.15, -0.1) is 0 Å². The quantitative estimate of drug-likeness (QED) is 0.774. The molecule has 4 rings (SSSR count). The molecule has 1 aromatic carbocycles. The highest BCUT2D eigenvalue weighted by Gasteiger charge is 2.31. The van der Waals surface area contributed by atoms with E-state index in [0.29, 0.717) is 12.4 Å². The van der Waals surface area contributed by atoms with E-state index in [2.05, 4.69) is 61.4 Å². The van der Waals surface area contributed by atoms with E-state index in [1.165, 1.54) is 17.6 Å². The number of anilines is 1. The maximum atomic E-state index is 12.0. The van der Waals surface area contributed by atoms with Gasteiger partial charge in [-0.05, 0) is 41.9 Å². The minimum atomic E-state index is 0.00542. The van der Waals surface area contributed by atoms with E-state index in [9.17, 15) is 4.79 Å². The van der Waals surface area contributed by atoms with E-state index in [4.69, 9.17) is 4.74 Å². The fourth-order valence-corrected chi connectivity index (χ4v) is 3.65. The molecule has 28 heavy (non-hydrogen) atoms. The van der Waals surface area contributed by atoms with Crippen LogP contribution in [-0.4, -0.2) is 25.0 Å². The van der Waals surface area contributed by atoms with Crippen LogP contribution in [0.15, 0.2) is 65.1 Å². The molecule has 2 unspecified atom stereocenters. The average molecular weight is 379 g/mol. The number of carbonyl (C=O) groups is 1. The predicted molar refractivity (Wildman–Crippen MR) is 116 cm³/mol. The molecule has 2 N–H and O–H groups in total. The number of ether oxygens (including phenoxy) is 1. The summed E-state index contributed by atoms with van der Waals surface area (Å²) >= 11 is 0. The second-order valence-electron chi connectivity index (χ2n) is 7.51. The Morgan fingerprint density at radius 3 is 2.75 bits per heavy atom. The molecule has 3 aliphatic rings. The Labute approximate surface area is 168 Å². The number of ketones is 1. The van der Waals surface area contributed by atoms with Gasteiger partial charge in [0.05, 0.1) is 11.8 Å². The zero-order valence-electron chi connectivity index (χ0n) is 17.3. The normalized spacial score (nSPS) is 24.1. The van der Waals surface area contributed by atoms with Gasteiger partial charge < -0.3 is 15.4 Å². The highest BCUT2D eigenvalue weighted by molar-refractivity contribution is 5.95. The Balaban J connectivity index is 0.000000706. The Morgan fingerprint density at radius 1 is 1.32 bits per heavy atom. The van der Waals surface area contributed by atoms with Crippen molar-refractivity contribution in [3.05, 3.63) is 70.7 Å². The molecule has 1 saturated heterocycles. The minimum absolute atomic E-state index is 0.00542. The van der Waals surface area contributed by atoms with E-state index in [-0.39, 0.29) is 17.7 Å². The molecule has 1 aromatic rings. The molecule has 1 fully saturated rings. The number of Topliss-reactive ketones (excluding diaryl/α,β-unsaturated/α-hetero) is 1. The largest absolute Gasteiger partial charge is 0.493 e. The van der Waals surface area contributed by atoms with E-state index in [1.807, 2.05) is 13.0 Å². The smallest absolute Gasteiger partial charge is 0.159 e. The molecule has 0 bridgehead atoms. The van der Waals surface area contributed by atoms with Crippen molar-refractivity contribution in [3.63, 3.8) is 0 Å². The third-order valence-electron chi connectivity index (χ3n) is 5.22. The van der Waals surface area contributed by atoms with Gasteiger partial charge in [0.25, 0.3) is 0 Å². The van der Waals surface area contributed by atoms with Crippen LogP contribution in [0.3, 0.4) is 0 Å². The van der Waals surface area contributed by atoms with Crippen LogP contribution >= 0.6 is 0 Å². The van der Waals surface area contributed by atoms with E-state index >= 15 is 0 Å². The highest BCUT2D eigenvalue weighted by atomic mass is 16.5. The van der Waals surface area contributed by atoms with Gasteiger partial charge in [0.15, 0.2) is 5.78 Å². The van der Waals surface area contributed by atoms with Gasteiger partial charge in [-0.1, -0.05) is 52.0 Å². The number of nitrogens with one attached hydrogen (secondary N) is 2. The standard InChI is InChI=1S/C21H22N2O2.C3H8/c1-12-14(3)25-11-18(13(2)24)17(12)9-20-21-16(10-22-20)8-15-6-4-5-7-19(15)23-21;1-3-2/h4-9,12,21-23H,3,10-11H2,1-2H3;3H2,1-2H3/b20-9-;. The number of allylic oxidation sites excluding steroid dienone is 2. The Bertz CT molecular complexity index is 876. The van der Waals surface area contributed by atoms with Gasteiger partial charge in [-0.2, -0.15) is 0 Å². The van der Waals surface area contributed by atoms with Gasteiger partial charge in [-0.3, -0.25) is 4.79 Å². The monoisotopic (exact) mass is 378 g/mol. The SMILES string of the molecule is C=C1OCC(C(C)=O)=C(/C=C2\NCC3=Cc4ccccc4NC32)C1C.CCC. The van der Waals surface area contributed by atoms with Crippen molar-refractivity contribution in [2.45, 2.75) is 40.2 Å². The number of fused-ring (bicyclic) bond motifs is 2. The highest BCUT2D eigenvalue weighted by Crippen LogP contribution is 2.35. The summed E-state index contributed by atoms with van der Waals surface area (Å²) in [5.41, 5.74) is 6.50. The summed E-state index contributed by atoms with van der Waals surface area (Å²) < 4.78 is 5.56. The number of rotatable bonds is 2. The molecule has 3 heterocycles. The lowest BCUT2D eigenvalue weighted by molar-refractivity contribution is -0.114. The number of benzene rings is 1. The van der Waals surface area contributed by atoms with Crippen LogP contribution in [0.4, 0.5) is 5.69 Å². The summed E-state index contributed by atoms with van der Waals surface area (Å²) in [5.74, 6) is 0.778. The van der Waals surface area contributed by atoms with Gasteiger partial charge >= 0.3 is 0 Å². The lowest BCUT2D eigenvalue weighted by atomic mass is 9.88. The van der Waals surface area contributed by atoms with Crippen molar-refractivity contribution in [1.29, 1.82) is 0 Å². The molecule has 0 radical (unpaired) electrons. The zero-order chi connectivity index (χ0) is 20.3. The van der Waals surface area contributed by atoms with Gasteiger partial charge in [0.1, 0.15) is 6.61 Å². The van der Waals surface area contributed by atoms with Crippen LogP contribution in [0.1, 0.15) is 39.7 Å². The first-order valence-corrected chi connectivity index (χ1v) is 10.0. The summed E-state index contributed by atoms with van der Waals surface area (Å²) in [4.78, 5) is 12.0. The van der Waals surface area contributed by atoms with Crippen molar-refractivity contribution in [2.24, 2.45) is 5.92 Å². The van der Waals surface area contributed by atoms with E-state index in [0.717, 1.165) is 29.1 Å². The second kappa shape index (κ2) is 8.51. The van der Waals surface area contributed by atoms with Crippen LogP contribution in [0, 0.1) is 5.92 Å². The van der Waals surface area contributed by atoms with Crippen molar-refractivity contribution in [1.82, 2.24) is 5.32 Å². The number of para-hydroxylation sites is 1. The molecule has 4 nitrogen and oxygen atoms in total. The molecule has 0 aliphatic carbocycles. The van der Waals surface area contributed by atoms with Crippen LogP contribution in [0.5, 0.6) is 0 Å². The van der Waals surface area contributed by atoms with Crippen LogP contribution in [-0.2, 0) is 9.53 Å². The third kappa shape index (κ3) is 3.91. The molecule has 0 spiro atoms. The maximum Gasteiger partial charge on any atom is 0.159 e. The lowest BCUT2D eigenvalue weighted by Crippen LogP contribution is -2.26. The summed E-state index contributed by atoms with van der Waals surface area (Å²) in [5, 5.41) is 7.10. The molecule has 0 amide bonds. The van der Waals surface area contributed by atoms with Gasteiger partial charge in [0, 0.05) is 29.4 Å². The van der Waals surface area contributed by atoms with Crippen molar-refractivity contribution in [2.75, 3.05) is 18.5 Å². The number of hydrogen-bond acceptors (Lipinski definition) is 4. The minimum Gasteiger partial charge on any atom is -0.493 e. The summed E-state index contributed by atoms with van der Waals surface area (Å²) in [6.07, 6.45) is 5.61. The third-order valence-corrected chi connectivity index (χ3v) is 5.22. The molecular formula is C24H30N2O2. The van der Waals surface area contributed by atoms with Crippen molar-refractivity contribution < 1.29 is 9.53 Å². The average Bonchev–Trinajstić information content (AvgIpc) is 3.06. The summed E-state index contributed by atoms with van der Waals surface area (Å²) in [7, 11) is 0. The predicted octanol–water partition coefficient (Wildman–Crippen LogP) is 4.83. The fourth-order valence-electron chi connectivity index (χ4n) is 3.65. The fraction of sp³-hybridized carbons (Fsp3) is 0.375. The first kappa shape index (κ1) is 20.0. The molecular weight excluding hydrogens is 348 g/mol. The molecule has 2 atom stereocenters. The van der Waals surface area contributed by atoms with E-state index < -0.39 is 0 Å². The van der Waals surface area contributed by atoms with Crippen LogP contribution in [0.2, 0.25) is 0 Å². The van der Waals surface area contributed by atoms with Gasteiger partial charge in [-0.25, -0.2) is 0 Å². The Kier molecular flexibility index (Phi) is 6.08. The molecule has 0 saturated carbocycles. The zero-order valence-corrected chi connectivity index (χ0v) is 17.3. The Morgan fingerprint density at radius 2 is 2.04 bits per heavy atom. The lowest BCUT2D eigenvalue weighted by Gasteiger charge is -2.28. The second-order valence-corrected chi connectivity index (χ2v) is 7.51. The van der Waals surface area contributed by atoms with Gasteiger partial charge in [0.2, 0.25) is 0 Å². The summed E-state index contributed by atoms with van der Waals surface area (Å²) in [6.45, 7) is 13.0. The van der Waals surface area contributed by atoms with Crippen molar-refractivity contribution >= 4 is 17.5 Å². The molecule has 4 heteroatoms. The van der Waals surface area contributed by atoms with Crippen LogP contribution < -0.4 is 10.6 Å². The first-order valence-electron chi connectivity index (χ1n) is 10.0. The first-order chi connectivity index (χ1) is 13.5. The molecule has 148 valence electrons. The topological polar surface area (TPSA) is 50.4 Å². The number of carbonyl (C=O) groups excluding carboxylic acids is 1. The number of hydrogen-bond donors (Lipinski definition) is 2. The Hall–Kier alpha value is -2.75. The molecule has 0 aromatic heterocycles. The summed E-state index contributed by atoms with van der Waals surface area (Å²) in [6, 6.07) is 8.43. The maximum absolute atomic E-state index is 12.0. The van der Waals surface area contributed by atoms with Crippen molar-refractivity contribution in [3.8, 4) is 0 Å².